The molecule has 2 fully saturated rings. The van der Waals surface area contributed by atoms with E-state index in [-0.39, 0.29) is 17.4 Å². The standard InChI is InChI=1S/C17H22ClNO2/c1-12-5-2-6-13(15(12)18)16(21)19-10-4-9-17(11-19)8-3-7-14(17)20/h2,5-6,14,20H,3-4,7-11H2,1H3/t14-,17+/m1/s1. The van der Waals surface area contributed by atoms with Gasteiger partial charge in [-0.15, -0.1) is 0 Å². The monoisotopic (exact) mass is 307 g/mol. The van der Waals surface area contributed by atoms with Crippen molar-refractivity contribution in [2.75, 3.05) is 13.1 Å². The minimum Gasteiger partial charge on any atom is -0.392 e. The molecule has 1 aliphatic carbocycles. The van der Waals surface area contributed by atoms with Gasteiger partial charge in [0.2, 0.25) is 0 Å². The molecule has 0 unspecified atom stereocenters. The number of amides is 1. The number of hydrogen-bond acceptors (Lipinski definition) is 2. The number of rotatable bonds is 1. The molecule has 1 saturated carbocycles. The first kappa shape index (κ1) is 14.9. The van der Waals surface area contributed by atoms with Gasteiger partial charge in [0.1, 0.15) is 0 Å². The topological polar surface area (TPSA) is 40.5 Å². The summed E-state index contributed by atoms with van der Waals surface area (Å²) in [7, 11) is 0. The molecule has 3 rings (SSSR count). The molecular formula is C17H22ClNO2. The highest BCUT2D eigenvalue weighted by Gasteiger charge is 2.45. The Kier molecular flexibility index (Phi) is 3.98. The van der Waals surface area contributed by atoms with Gasteiger partial charge in [0.15, 0.2) is 0 Å². The molecule has 0 radical (unpaired) electrons. The number of aryl methyl sites for hydroxylation is 1. The van der Waals surface area contributed by atoms with Crippen molar-refractivity contribution >= 4 is 17.5 Å². The fraction of sp³-hybridized carbons (Fsp3) is 0.588. The summed E-state index contributed by atoms with van der Waals surface area (Å²) < 4.78 is 0. The van der Waals surface area contributed by atoms with Crippen LogP contribution < -0.4 is 0 Å². The van der Waals surface area contributed by atoms with Gasteiger partial charge in [0.05, 0.1) is 16.7 Å². The van der Waals surface area contributed by atoms with Crippen LogP contribution in [-0.2, 0) is 0 Å². The summed E-state index contributed by atoms with van der Waals surface area (Å²) >= 11 is 6.29. The second-order valence-electron chi connectivity index (χ2n) is 6.54. The predicted octanol–water partition coefficient (Wildman–Crippen LogP) is 3.42. The van der Waals surface area contributed by atoms with Crippen molar-refractivity contribution in [1.29, 1.82) is 0 Å². The average molecular weight is 308 g/mol. The average Bonchev–Trinajstić information content (AvgIpc) is 2.82. The van der Waals surface area contributed by atoms with Gasteiger partial charge in [-0.05, 0) is 44.2 Å². The van der Waals surface area contributed by atoms with E-state index in [1.807, 2.05) is 24.0 Å². The smallest absolute Gasteiger partial charge is 0.255 e. The number of hydrogen-bond donors (Lipinski definition) is 1. The first-order chi connectivity index (χ1) is 10.0. The largest absolute Gasteiger partial charge is 0.392 e. The molecule has 3 nitrogen and oxygen atoms in total. The summed E-state index contributed by atoms with van der Waals surface area (Å²) in [6.07, 6.45) is 4.69. The lowest BCUT2D eigenvalue weighted by Crippen LogP contribution is -2.49. The second kappa shape index (κ2) is 5.62. The number of carbonyl (C=O) groups excluding carboxylic acids is 1. The summed E-state index contributed by atoms with van der Waals surface area (Å²) in [5.41, 5.74) is 1.43. The van der Waals surface area contributed by atoms with Crippen LogP contribution in [-0.4, -0.2) is 35.1 Å². The van der Waals surface area contributed by atoms with Gasteiger partial charge in [-0.1, -0.05) is 30.2 Å². The molecule has 1 saturated heterocycles. The maximum absolute atomic E-state index is 12.8. The van der Waals surface area contributed by atoms with Crippen LogP contribution >= 0.6 is 11.6 Å². The molecule has 0 aromatic heterocycles. The van der Waals surface area contributed by atoms with E-state index >= 15 is 0 Å². The number of piperidine rings is 1. The van der Waals surface area contributed by atoms with E-state index in [0.717, 1.165) is 44.2 Å². The van der Waals surface area contributed by atoms with Crippen molar-refractivity contribution in [3.63, 3.8) is 0 Å². The van der Waals surface area contributed by atoms with Crippen LogP contribution in [0.1, 0.15) is 48.0 Å². The molecule has 114 valence electrons. The van der Waals surface area contributed by atoms with Crippen LogP contribution in [0.25, 0.3) is 0 Å². The van der Waals surface area contributed by atoms with Crippen LogP contribution in [0.4, 0.5) is 0 Å². The molecule has 2 aliphatic rings. The predicted molar refractivity (Wildman–Crippen MR) is 83.6 cm³/mol. The van der Waals surface area contributed by atoms with Crippen molar-refractivity contribution in [2.24, 2.45) is 5.41 Å². The van der Waals surface area contributed by atoms with E-state index in [0.29, 0.717) is 17.1 Å². The number of likely N-dealkylation sites (tertiary alicyclic amines) is 1. The zero-order chi connectivity index (χ0) is 15.0. The van der Waals surface area contributed by atoms with E-state index in [4.69, 9.17) is 11.6 Å². The lowest BCUT2D eigenvalue weighted by Gasteiger charge is -2.42. The third-order valence-corrected chi connectivity index (χ3v) is 5.68. The Balaban J connectivity index is 1.83. The first-order valence-corrected chi connectivity index (χ1v) is 8.14. The summed E-state index contributed by atoms with van der Waals surface area (Å²) in [4.78, 5) is 14.7. The zero-order valence-corrected chi connectivity index (χ0v) is 13.2. The fourth-order valence-electron chi connectivity index (χ4n) is 3.91. The van der Waals surface area contributed by atoms with Crippen molar-refractivity contribution in [1.82, 2.24) is 4.90 Å². The Morgan fingerprint density at radius 1 is 1.38 bits per heavy atom. The van der Waals surface area contributed by atoms with Gasteiger partial charge >= 0.3 is 0 Å². The minimum atomic E-state index is -0.263. The lowest BCUT2D eigenvalue weighted by molar-refractivity contribution is -0.00535. The van der Waals surface area contributed by atoms with Crippen molar-refractivity contribution < 1.29 is 9.90 Å². The maximum Gasteiger partial charge on any atom is 0.255 e. The number of nitrogens with zero attached hydrogens (tertiary/aromatic N) is 1. The highest BCUT2D eigenvalue weighted by Crippen LogP contribution is 2.45. The Morgan fingerprint density at radius 3 is 2.86 bits per heavy atom. The van der Waals surface area contributed by atoms with E-state index < -0.39 is 0 Å². The molecule has 1 aliphatic heterocycles. The summed E-state index contributed by atoms with van der Waals surface area (Å²) in [5, 5.41) is 10.9. The van der Waals surface area contributed by atoms with Crippen LogP contribution in [0.3, 0.4) is 0 Å². The molecule has 4 heteroatoms. The molecule has 1 spiro atoms. The fourth-order valence-corrected chi connectivity index (χ4v) is 4.12. The van der Waals surface area contributed by atoms with E-state index in [1.54, 1.807) is 6.07 Å². The molecule has 0 bridgehead atoms. The quantitative estimate of drug-likeness (QED) is 0.863. The van der Waals surface area contributed by atoms with E-state index in [2.05, 4.69) is 0 Å². The summed E-state index contributed by atoms with van der Waals surface area (Å²) in [6.45, 7) is 3.34. The van der Waals surface area contributed by atoms with Gasteiger partial charge in [-0.2, -0.15) is 0 Å². The molecule has 1 amide bonds. The third-order valence-electron chi connectivity index (χ3n) is 5.18. The molecule has 21 heavy (non-hydrogen) atoms. The number of aliphatic hydroxyl groups is 1. The highest BCUT2D eigenvalue weighted by molar-refractivity contribution is 6.34. The maximum atomic E-state index is 12.8. The SMILES string of the molecule is Cc1cccc(C(=O)N2CCC[C@@]3(CCC[C@H]3O)C2)c1Cl. The zero-order valence-electron chi connectivity index (χ0n) is 12.4. The Hall–Kier alpha value is -1.06. The van der Waals surface area contributed by atoms with Gasteiger partial charge in [0.25, 0.3) is 5.91 Å². The molecule has 2 atom stereocenters. The van der Waals surface area contributed by atoms with E-state index in [9.17, 15) is 9.90 Å². The van der Waals surface area contributed by atoms with Crippen LogP contribution in [0.5, 0.6) is 0 Å². The number of carbonyl (C=O) groups is 1. The molecule has 1 heterocycles. The van der Waals surface area contributed by atoms with Crippen molar-refractivity contribution in [3.8, 4) is 0 Å². The third kappa shape index (κ3) is 2.58. The molecule has 1 aromatic rings. The Morgan fingerprint density at radius 2 is 2.14 bits per heavy atom. The van der Waals surface area contributed by atoms with Gasteiger partial charge < -0.3 is 10.0 Å². The Bertz CT molecular complexity index is 560. The number of aliphatic hydroxyl groups excluding tert-OH is 1. The van der Waals surface area contributed by atoms with Crippen LogP contribution in [0.15, 0.2) is 18.2 Å². The van der Waals surface area contributed by atoms with E-state index in [1.165, 1.54) is 0 Å². The van der Waals surface area contributed by atoms with Crippen LogP contribution in [0.2, 0.25) is 5.02 Å². The van der Waals surface area contributed by atoms with Gasteiger partial charge in [-0.3, -0.25) is 4.79 Å². The van der Waals surface area contributed by atoms with Gasteiger partial charge in [0, 0.05) is 18.5 Å². The molecule has 1 N–H and O–H groups in total. The highest BCUT2D eigenvalue weighted by atomic mass is 35.5. The molecule has 1 aromatic carbocycles. The number of benzene rings is 1. The first-order valence-electron chi connectivity index (χ1n) is 7.76. The van der Waals surface area contributed by atoms with Crippen molar-refractivity contribution in [3.05, 3.63) is 34.3 Å². The Labute approximate surface area is 130 Å². The van der Waals surface area contributed by atoms with Gasteiger partial charge in [-0.25, -0.2) is 0 Å². The summed E-state index contributed by atoms with van der Waals surface area (Å²) in [6, 6.07) is 5.58. The normalized spacial score (nSPS) is 29.1. The van der Waals surface area contributed by atoms with Crippen LogP contribution in [0, 0.1) is 12.3 Å². The minimum absolute atomic E-state index is 0.00174. The number of halogens is 1. The molecular weight excluding hydrogens is 286 g/mol. The summed E-state index contributed by atoms with van der Waals surface area (Å²) in [5.74, 6) is 0.00174. The second-order valence-corrected chi connectivity index (χ2v) is 6.92. The lowest BCUT2D eigenvalue weighted by atomic mass is 9.76. The van der Waals surface area contributed by atoms with Crippen molar-refractivity contribution in [2.45, 2.75) is 45.1 Å².